The Balaban J connectivity index is 1.38. The van der Waals surface area contributed by atoms with Crippen LogP contribution >= 0.6 is 11.3 Å². The summed E-state index contributed by atoms with van der Waals surface area (Å²) >= 11 is 1.64. The second kappa shape index (κ2) is 9.34. The molecule has 0 N–H and O–H groups in total. The first-order valence-corrected chi connectivity index (χ1v) is 11.5. The molecule has 0 radical (unpaired) electrons. The van der Waals surface area contributed by atoms with Crippen LogP contribution in [0.5, 0.6) is 0 Å². The Bertz CT molecular complexity index is 1210. The van der Waals surface area contributed by atoms with Gasteiger partial charge in [-0.3, -0.25) is 4.79 Å². The average Bonchev–Trinajstić information content (AvgIpc) is 3.54. The minimum Gasteiger partial charge on any atom is -0.378 e. The van der Waals surface area contributed by atoms with Crippen LogP contribution < -0.4 is 4.90 Å². The Labute approximate surface area is 191 Å². The van der Waals surface area contributed by atoms with Gasteiger partial charge >= 0.3 is 0 Å². The molecule has 5 nitrogen and oxygen atoms in total. The lowest BCUT2D eigenvalue weighted by Crippen LogP contribution is -2.36. The van der Waals surface area contributed by atoms with Crippen LogP contribution in [0.4, 0.5) is 5.69 Å². The second-order valence-electron chi connectivity index (χ2n) is 7.53. The van der Waals surface area contributed by atoms with Crippen LogP contribution in [0, 0.1) is 0 Å². The van der Waals surface area contributed by atoms with E-state index in [2.05, 4.69) is 4.90 Å². The maximum atomic E-state index is 12.8. The van der Waals surface area contributed by atoms with Gasteiger partial charge in [-0.05, 0) is 60.0 Å². The van der Waals surface area contributed by atoms with E-state index >= 15 is 0 Å². The number of carbonyl (C=O) groups excluding carboxylic acids is 1. The van der Waals surface area contributed by atoms with Gasteiger partial charge in [-0.2, -0.15) is 5.10 Å². The van der Waals surface area contributed by atoms with Crippen molar-refractivity contribution in [1.82, 2.24) is 9.78 Å². The number of rotatable bonds is 6. The van der Waals surface area contributed by atoms with Crippen molar-refractivity contribution in [3.63, 3.8) is 0 Å². The molecule has 160 valence electrons. The molecule has 1 fully saturated rings. The third-order valence-corrected chi connectivity index (χ3v) is 6.34. The fraction of sp³-hybridized carbons (Fsp3) is 0.154. The fourth-order valence-electron chi connectivity index (χ4n) is 3.75. The zero-order valence-corrected chi connectivity index (χ0v) is 18.4. The Morgan fingerprint density at radius 2 is 1.72 bits per heavy atom. The van der Waals surface area contributed by atoms with Crippen molar-refractivity contribution in [1.29, 1.82) is 0 Å². The van der Waals surface area contributed by atoms with E-state index in [1.807, 2.05) is 89.1 Å². The first-order valence-electron chi connectivity index (χ1n) is 10.6. The summed E-state index contributed by atoms with van der Waals surface area (Å²) in [5.41, 5.74) is 4.56. The van der Waals surface area contributed by atoms with Crippen LogP contribution in [0.25, 0.3) is 22.3 Å². The van der Waals surface area contributed by atoms with Gasteiger partial charge in [0.1, 0.15) is 5.69 Å². The number of para-hydroxylation sites is 1. The lowest BCUT2D eigenvalue weighted by atomic mass is 10.1. The van der Waals surface area contributed by atoms with Crippen molar-refractivity contribution in [2.45, 2.75) is 0 Å². The zero-order valence-electron chi connectivity index (χ0n) is 17.6. The van der Waals surface area contributed by atoms with E-state index in [9.17, 15) is 4.79 Å². The molecule has 0 aliphatic carbocycles. The number of hydrogen-bond donors (Lipinski definition) is 0. The minimum atomic E-state index is -0.0249. The van der Waals surface area contributed by atoms with Gasteiger partial charge in [0.05, 0.1) is 23.8 Å². The van der Waals surface area contributed by atoms with E-state index in [1.54, 1.807) is 17.4 Å². The normalized spacial score (nSPS) is 14.2. The molecule has 6 heteroatoms. The predicted molar refractivity (Wildman–Crippen MR) is 130 cm³/mol. The van der Waals surface area contributed by atoms with Crippen molar-refractivity contribution >= 4 is 28.9 Å². The molecular formula is C26H23N3O2S. The monoisotopic (exact) mass is 441 g/mol. The molecule has 0 saturated carbocycles. The van der Waals surface area contributed by atoms with Gasteiger partial charge in [0.15, 0.2) is 5.78 Å². The highest BCUT2D eigenvalue weighted by Crippen LogP contribution is 2.29. The molecule has 1 aliphatic rings. The zero-order chi connectivity index (χ0) is 21.8. The number of benzene rings is 2. The van der Waals surface area contributed by atoms with Gasteiger partial charge in [-0.15, -0.1) is 11.3 Å². The number of ketones is 1. The number of thiophene rings is 1. The number of morpholine rings is 1. The maximum Gasteiger partial charge on any atom is 0.185 e. The van der Waals surface area contributed by atoms with E-state index in [1.165, 1.54) is 0 Å². The third kappa shape index (κ3) is 4.42. The number of allylic oxidation sites excluding steroid dienone is 1. The van der Waals surface area contributed by atoms with Crippen molar-refractivity contribution in [2.75, 3.05) is 31.2 Å². The summed E-state index contributed by atoms with van der Waals surface area (Å²) in [6.45, 7) is 3.24. The number of nitrogens with zero attached hydrogens (tertiary/aromatic N) is 3. The Kier molecular flexibility index (Phi) is 5.96. The van der Waals surface area contributed by atoms with Crippen molar-refractivity contribution in [3.8, 4) is 16.3 Å². The third-order valence-electron chi connectivity index (χ3n) is 5.46. The molecule has 3 heterocycles. The van der Waals surface area contributed by atoms with E-state index in [0.29, 0.717) is 5.56 Å². The van der Waals surface area contributed by atoms with Crippen LogP contribution in [0.15, 0.2) is 84.4 Å². The molecule has 2 aromatic heterocycles. The van der Waals surface area contributed by atoms with Gasteiger partial charge in [-0.25, -0.2) is 4.68 Å². The average molecular weight is 442 g/mol. The molecular weight excluding hydrogens is 418 g/mol. The molecule has 0 unspecified atom stereocenters. The van der Waals surface area contributed by atoms with Crippen molar-refractivity contribution in [3.05, 3.63) is 95.5 Å². The second-order valence-corrected chi connectivity index (χ2v) is 8.48. The largest absolute Gasteiger partial charge is 0.378 e. The number of ether oxygens (including phenoxy) is 1. The summed E-state index contributed by atoms with van der Waals surface area (Å²) in [5.74, 6) is -0.0249. The highest BCUT2D eigenvalue weighted by atomic mass is 32.1. The summed E-state index contributed by atoms with van der Waals surface area (Å²) in [7, 11) is 0. The van der Waals surface area contributed by atoms with Crippen molar-refractivity contribution in [2.24, 2.45) is 0 Å². The number of aromatic nitrogens is 2. The van der Waals surface area contributed by atoms with Crippen LogP contribution in [-0.2, 0) is 4.74 Å². The lowest BCUT2D eigenvalue weighted by molar-refractivity contribution is 0.104. The van der Waals surface area contributed by atoms with Gasteiger partial charge < -0.3 is 9.64 Å². The maximum absolute atomic E-state index is 12.8. The number of anilines is 1. The van der Waals surface area contributed by atoms with Gasteiger partial charge in [0.2, 0.25) is 0 Å². The van der Waals surface area contributed by atoms with E-state index in [0.717, 1.165) is 53.8 Å². The first-order chi connectivity index (χ1) is 15.8. The van der Waals surface area contributed by atoms with Gasteiger partial charge in [-0.1, -0.05) is 24.3 Å². The summed E-state index contributed by atoms with van der Waals surface area (Å²) in [4.78, 5) is 16.2. The Morgan fingerprint density at radius 3 is 2.44 bits per heavy atom. The number of hydrogen-bond acceptors (Lipinski definition) is 5. The highest BCUT2D eigenvalue weighted by molar-refractivity contribution is 7.13. The molecule has 0 amide bonds. The quantitative estimate of drug-likeness (QED) is 0.300. The lowest BCUT2D eigenvalue weighted by Gasteiger charge is -2.28. The molecule has 1 saturated heterocycles. The standard InChI is InChI=1S/C26H23N3O2S/c30-24(20-8-11-22(12-9-20)28-14-16-31-17-15-28)13-10-21-19-29(23-5-2-1-3-6-23)27-26(21)25-7-4-18-32-25/h1-13,18-19H,14-17H2. The molecule has 1 aliphatic heterocycles. The summed E-state index contributed by atoms with van der Waals surface area (Å²) in [5, 5.41) is 6.82. The molecule has 32 heavy (non-hydrogen) atoms. The Morgan fingerprint density at radius 1 is 0.938 bits per heavy atom. The summed E-state index contributed by atoms with van der Waals surface area (Å²) in [6, 6.07) is 21.9. The topological polar surface area (TPSA) is 47.4 Å². The van der Waals surface area contributed by atoms with Crippen LogP contribution in [0.1, 0.15) is 15.9 Å². The van der Waals surface area contributed by atoms with E-state index in [-0.39, 0.29) is 5.78 Å². The van der Waals surface area contributed by atoms with E-state index < -0.39 is 0 Å². The SMILES string of the molecule is O=C(C=Cc1cn(-c2ccccc2)nc1-c1cccs1)c1ccc(N2CCOCC2)cc1. The molecule has 0 atom stereocenters. The summed E-state index contributed by atoms with van der Waals surface area (Å²) < 4.78 is 7.27. The molecule has 0 spiro atoms. The first kappa shape index (κ1) is 20.4. The van der Waals surface area contributed by atoms with Crippen LogP contribution in [0.2, 0.25) is 0 Å². The summed E-state index contributed by atoms with van der Waals surface area (Å²) in [6.07, 6.45) is 5.46. The predicted octanol–water partition coefficient (Wildman–Crippen LogP) is 5.33. The van der Waals surface area contributed by atoms with Crippen molar-refractivity contribution < 1.29 is 9.53 Å². The van der Waals surface area contributed by atoms with Gasteiger partial charge in [0.25, 0.3) is 0 Å². The number of carbonyl (C=O) groups is 1. The molecule has 5 rings (SSSR count). The molecule has 2 aromatic carbocycles. The van der Waals surface area contributed by atoms with Gasteiger partial charge in [0, 0.05) is 36.1 Å². The Hall–Kier alpha value is -3.48. The van der Waals surface area contributed by atoms with E-state index in [4.69, 9.17) is 9.84 Å². The smallest absolute Gasteiger partial charge is 0.185 e. The highest BCUT2D eigenvalue weighted by Gasteiger charge is 2.13. The van der Waals surface area contributed by atoms with Crippen LogP contribution in [0.3, 0.4) is 0 Å². The molecule has 0 bridgehead atoms. The van der Waals surface area contributed by atoms with Crippen LogP contribution in [-0.4, -0.2) is 41.9 Å². The fourth-order valence-corrected chi connectivity index (χ4v) is 4.48. The molecule has 4 aromatic rings. The minimum absolute atomic E-state index is 0.0249.